The van der Waals surface area contributed by atoms with Gasteiger partial charge in [-0.05, 0) is 69.1 Å². The Hall–Kier alpha value is -2.71. The number of aromatic nitrogens is 1. The molecule has 0 spiro atoms. The lowest BCUT2D eigenvalue weighted by Gasteiger charge is -2.37. The maximum absolute atomic E-state index is 12.4. The molecule has 0 atom stereocenters. The number of amides is 2. The quantitative estimate of drug-likeness (QED) is 0.498. The Morgan fingerprint density at radius 2 is 1.78 bits per heavy atom. The van der Waals surface area contributed by atoms with E-state index in [1.807, 2.05) is 12.1 Å². The van der Waals surface area contributed by atoms with Crippen molar-refractivity contribution in [2.45, 2.75) is 31.7 Å². The summed E-state index contributed by atoms with van der Waals surface area (Å²) < 4.78 is 0.809. The summed E-state index contributed by atoms with van der Waals surface area (Å²) in [7, 11) is 0. The molecule has 166 valence electrons. The highest BCUT2D eigenvalue weighted by molar-refractivity contribution is 9.10. The van der Waals surface area contributed by atoms with Gasteiger partial charge in [-0.1, -0.05) is 15.9 Å². The van der Waals surface area contributed by atoms with Gasteiger partial charge < -0.3 is 15.1 Å². The first-order chi connectivity index (χ1) is 15.6. The van der Waals surface area contributed by atoms with Crippen LogP contribution in [0.3, 0.4) is 0 Å². The molecule has 3 aliphatic rings. The first-order valence-electron chi connectivity index (χ1n) is 11.2. The van der Waals surface area contributed by atoms with Crippen molar-refractivity contribution in [2.75, 3.05) is 36.4 Å². The number of rotatable bonds is 4. The first kappa shape index (κ1) is 21.2. The van der Waals surface area contributed by atoms with Crippen LogP contribution in [-0.2, 0) is 4.79 Å². The number of anilines is 2. The molecule has 0 aliphatic carbocycles. The van der Waals surface area contributed by atoms with E-state index in [-0.39, 0.29) is 5.91 Å². The summed E-state index contributed by atoms with van der Waals surface area (Å²) in [5, 5.41) is 5.55. The van der Waals surface area contributed by atoms with Gasteiger partial charge in [-0.25, -0.2) is 4.98 Å². The van der Waals surface area contributed by atoms with Crippen molar-refractivity contribution in [3.63, 3.8) is 0 Å². The Morgan fingerprint density at radius 1 is 1.00 bits per heavy atom. The Balaban J connectivity index is 1.25. The fourth-order valence-corrected chi connectivity index (χ4v) is 5.18. The third kappa shape index (κ3) is 4.29. The van der Waals surface area contributed by atoms with E-state index >= 15 is 0 Å². The number of nitrogens with zero attached hydrogens (tertiary/aromatic N) is 3. The third-order valence-corrected chi connectivity index (χ3v) is 7.06. The average molecular weight is 496 g/mol. The van der Waals surface area contributed by atoms with Gasteiger partial charge in [0.05, 0.1) is 17.5 Å². The van der Waals surface area contributed by atoms with Crippen molar-refractivity contribution in [1.29, 1.82) is 0 Å². The molecule has 32 heavy (non-hydrogen) atoms. The normalized spacial score (nSPS) is 21.0. The van der Waals surface area contributed by atoms with E-state index in [1.54, 1.807) is 30.6 Å². The maximum Gasteiger partial charge on any atom is 0.260 e. The van der Waals surface area contributed by atoms with Crippen LogP contribution in [0.25, 0.3) is 5.57 Å². The lowest BCUT2D eigenvalue weighted by molar-refractivity contribution is -0.114. The van der Waals surface area contributed by atoms with Crippen LogP contribution in [-0.4, -0.2) is 53.9 Å². The van der Waals surface area contributed by atoms with Gasteiger partial charge >= 0.3 is 0 Å². The number of piperidine rings is 1. The number of hydrogen-bond donors (Lipinski definition) is 2. The summed E-state index contributed by atoms with van der Waals surface area (Å²) in [4.78, 5) is 34.1. The SMILES string of the molecule is O=C1NC(=O)c2ccc(Br)cc2C1=CNc1ccc(N2CCC(N3CCCC3)CC2)nc1. The highest BCUT2D eigenvalue weighted by Crippen LogP contribution is 2.28. The molecule has 5 rings (SSSR count). The standard InChI is InChI=1S/C24H26BrN5O2/c25-16-3-5-19-20(13-16)21(24(32)28-23(19)31)15-26-17-4-6-22(27-14-17)30-11-7-18(8-12-30)29-9-1-2-10-29/h3-6,13-15,18,26H,1-2,7-12H2,(H,28,31,32). The predicted octanol–water partition coefficient (Wildman–Crippen LogP) is 3.63. The van der Waals surface area contributed by atoms with Crippen LogP contribution in [0.15, 0.2) is 47.2 Å². The van der Waals surface area contributed by atoms with Gasteiger partial charge in [0.2, 0.25) is 0 Å². The molecule has 0 saturated carbocycles. The summed E-state index contributed by atoms with van der Waals surface area (Å²) in [6.07, 6.45) is 8.48. The van der Waals surface area contributed by atoms with Gasteiger partial charge in [-0.2, -0.15) is 0 Å². The molecule has 4 heterocycles. The number of carbonyl (C=O) groups excluding carboxylic acids is 2. The third-order valence-electron chi connectivity index (χ3n) is 6.56. The number of likely N-dealkylation sites (tertiary alicyclic amines) is 1. The zero-order chi connectivity index (χ0) is 22.1. The van der Waals surface area contributed by atoms with Crippen LogP contribution >= 0.6 is 15.9 Å². The van der Waals surface area contributed by atoms with Crippen LogP contribution in [0.1, 0.15) is 41.6 Å². The molecule has 2 N–H and O–H groups in total. The van der Waals surface area contributed by atoms with Crippen LogP contribution < -0.4 is 15.5 Å². The van der Waals surface area contributed by atoms with Crippen LogP contribution in [0.4, 0.5) is 11.5 Å². The van der Waals surface area contributed by atoms with Gasteiger partial charge in [0, 0.05) is 40.9 Å². The smallest absolute Gasteiger partial charge is 0.260 e. The number of nitrogens with one attached hydrogen (secondary N) is 2. The second kappa shape index (κ2) is 9.03. The minimum Gasteiger partial charge on any atom is -0.360 e. The average Bonchev–Trinajstić information content (AvgIpc) is 3.34. The van der Waals surface area contributed by atoms with Gasteiger partial charge in [-0.3, -0.25) is 14.9 Å². The zero-order valence-corrected chi connectivity index (χ0v) is 19.4. The van der Waals surface area contributed by atoms with E-state index in [2.05, 4.69) is 41.3 Å². The Kier molecular flexibility index (Phi) is 5.97. The second-order valence-electron chi connectivity index (χ2n) is 8.54. The van der Waals surface area contributed by atoms with Crippen molar-refractivity contribution in [3.05, 3.63) is 58.3 Å². The number of hydrogen-bond acceptors (Lipinski definition) is 6. The molecule has 2 fully saturated rings. The molecule has 0 unspecified atom stereocenters. The monoisotopic (exact) mass is 495 g/mol. The molecule has 3 aliphatic heterocycles. The topological polar surface area (TPSA) is 77.6 Å². The van der Waals surface area contributed by atoms with Gasteiger partial charge in [0.25, 0.3) is 11.8 Å². The molecule has 0 radical (unpaired) electrons. The summed E-state index contributed by atoms with van der Waals surface area (Å²) in [5.74, 6) is 0.186. The molecule has 0 bridgehead atoms. The van der Waals surface area contributed by atoms with Gasteiger partial charge in [-0.15, -0.1) is 0 Å². The predicted molar refractivity (Wildman–Crippen MR) is 128 cm³/mol. The first-order valence-corrected chi connectivity index (χ1v) is 11.9. The number of pyridine rings is 1. The zero-order valence-electron chi connectivity index (χ0n) is 17.8. The minimum atomic E-state index is -0.418. The summed E-state index contributed by atoms with van der Waals surface area (Å²) >= 11 is 3.41. The number of carbonyl (C=O) groups is 2. The summed E-state index contributed by atoms with van der Waals surface area (Å²) in [6, 6.07) is 9.99. The number of fused-ring (bicyclic) bond motifs is 1. The molecule has 8 heteroatoms. The van der Waals surface area contributed by atoms with E-state index in [0.29, 0.717) is 16.7 Å². The van der Waals surface area contributed by atoms with Crippen molar-refractivity contribution < 1.29 is 9.59 Å². The minimum absolute atomic E-state index is 0.380. The molecule has 7 nitrogen and oxygen atoms in total. The molecular weight excluding hydrogens is 470 g/mol. The fraction of sp³-hybridized carbons (Fsp3) is 0.375. The number of imide groups is 1. The van der Waals surface area contributed by atoms with Crippen LogP contribution in [0.2, 0.25) is 0 Å². The summed E-state index contributed by atoms with van der Waals surface area (Å²) in [6.45, 7) is 4.58. The van der Waals surface area contributed by atoms with E-state index in [4.69, 9.17) is 0 Å². The van der Waals surface area contributed by atoms with E-state index in [9.17, 15) is 9.59 Å². The summed E-state index contributed by atoms with van der Waals surface area (Å²) in [5.41, 5.74) is 2.28. The van der Waals surface area contributed by atoms with Crippen molar-refractivity contribution in [1.82, 2.24) is 15.2 Å². The lowest BCUT2D eigenvalue weighted by Crippen LogP contribution is -2.44. The molecule has 2 aromatic rings. The van der Waals surface area contributed by atoms with Gasteiger partial charge in [0.1, 0.15) is 5.82 Å². The Labute approximate surface area is 196 Å². The second-order valence-corrected chi connectivity index (χ2v) is 9.46. The van der Waals surface area contributed by atoms with Crippen molar-refractivity contribution in [2.24, 2.45) is 0 Å². The number of halogens is 1. The van der Waals surface area contributed by atoms with Crippen molar-refractivity contribution in [3.8, 4) is 0 Å². The van der Waals surface area contributed by atoms with E-state index in [0.717, 1.165) is 35.1 Å². The van der Waals surface area contributed by atoms with E-state index in [1.165, 1.54) is 38.8 Å². The highest BCUT2D eigenvalue weighted by atomic mass is 79.9. The number of benzene rings is 1. The fourth-order valence-electron chi connectivity index (χ4n) is 4.82. The Bertz CT molecular complexity index is 1050. The van der Waals surface area contributed by atoms with Crippen LogP contribution in [0.5, 0.6) is 0 Å². The molecule has 2 amide bonds. The lowest BCUT2D eigenvalue weighted by atomic mass is 9.95. The molecule has 2 saturated heterocycles. The highest BCUT2D eigenvalue weighted by Gasteiger charge is 2.28. The van der Waals surface area contributed by atoms with Crippen molar-refractivity contribution >= 4 is 44.8 Å². The van der Waals surface area contributed by atoms with Crippen LogP contribution in [0, 0.1) is 0 Å². The largest absolute Gasteiger partial charge is 0.360 e. The maximum atomic E-state index is 12.4. The van der Waals surface area contributed by atoms with Gasteiger partial charge in [0.15, 0.2) is 0 Å². The molecular formula is C24H26BrN5O2. The van der Waals surface area contributed by atoms with E-state index < -0.39 is 5.91 Å². The molecule has 1 aromatic heterocycles. The molecule has 1 aromatic carbocycles. The Morgan fingerprint density at radius 3 is 2.50 bits per heavy atom.